The lowest BCUT2D eigenvalue weighted by Crippen LogP contribution is -2.00. The topological polar surface area (TPSA) is 38.7 Å². The molecule has 35 heavy (non-hydrogen) atoms. The van der Waals surface area contributed by atoms with Gasteiger partial charge in [0.25, 0.3) is 0 Å². The van der Waals surface area contributed by atoms with Crippen LogP contribution in [0.1, 0.15) is 0 Å². The Hall–Kier alpha value is -4.34. The third-order valence-corrected chi connectivity index (χ3v) is 6.31. The van der Waals surface area contributed by atoms with Crippen molar-refractivity contribution < 1.29 is 0 Å². The molecule has 0 saturated heterocycles. The van der Waals surface area contributed by atoms with E-state index in [-0.39, 0.29) is 0 Å². The zero-order chi connectivity index (χ0) is 23.6. The van der Waals surface area contributed by atoms with Crippen LogP contribution in [0.15, 0.2) is 121 Å². The normalized spacial score (nSPS) is 11.0. The monoisotopic (exact) mass is 469 g/mol. The van der Waals surface area contributed by atoms with Gasteiger partial charge in [-0.3, -0.25) is 0 Å². The van der Waals surface area contributed by atoms with Gasteiger partial charge in [-0.05, 0) is 34.5 Å². The Morgan fingerprint density at radius 1 is 0.400 bits per heavy atom. The second-order valence-corrected chi connectivity index (χ2v) is 8.70. The minimum Gasteiger partial charge on any atom is -0.208 e. The van der Waals surface area contributed by atoms with Gasteiger partial charge in [-0.2, -0.15) is 0 Å². The van der Waals surface area contributed by atoms with E-state index in [1.165, 1.54) is 5.39 Å². The van der Waals surface area contributed by atoms with Crippen LogP contribution in [0.25, 0.3) is 56.1 Å². The number of halogens is 1. The van der Waals surface area contributed by atoms with Crippen LogP contribution in [-0.2, 0) is 0 Å². The maximum Gasteiger partial charge on any atom is 0.164 e. The van der Waals surface area contributed by atoms with Crippen molar-refractivity contribution in [2.45, 2.75) is 0 Å². The number of aromatic nitrogens is 3. The summed E-state index contributed by atoms with van der Waals surface area (Å²) in [6.45, 7) is 0. The highest BCUT2D eigenvalue weighted by atomic mass is 35.5. The van der Waals surface area contributed by atoms with Gasteiger partial charge in [0.1, 0.15) is 0 Å². The minimum atomic E-state index is 0.621. The van der Waals surface area contributed by atoms with Crippen LogP contribution in [0, 0.1) is 0 Å². The second-order valence-electron chi connectivity index (χ2n) is 8.29. The molecule has 6 rings (SSSR count). The highest BCUT2D eigenvalue weighted by molar-refractivity contribution is 6.33. The van der Waals surface area contributed by atoms with Crippen molar-refractivity contribution in [1.29, 1.82) is 0 Å². The molecule has 1 aromatic heterocycles. The Balaban J connectivity index is 1.53. The standard InChI is InChI=1S/C31H20ClN3/c32-28-16-7-6-15-27(28)24-13-8-14-25(20-24)30-33-29(22-10-2-1-3-11-22)34-31(35-30)26-18-17-21-9-4-5-12-23(21)19-26/h1-20H. The number of hydrogen-bond acceptors (Lipinski definition) is 3. The van der Waals surface area contributed by atoms with E-state index in [0.717, 1.165) is 33.2 Å². The third-order valence-electron chi connectivity index (χ3n) is 5.98. The Kier molecular flexibility index (Phi) is 5.53. The first kappa shape index (κ1) is 21.2. The Labute approximate surface area is 208 Å². The summed E-state index contributed by atoms with van der Waals surface area (Å²) in [5, 5.41) is 3.04. The molecule has 6 aromatic rings. The number of fused-ring (bicyclic) bond motifs is 1. The van der Waals surface area contributed by atoms with E-state index in [4.69, 9.17) is 26.6 Å². The molecule has 5 aromatic carbocycles. The first-order valence-corrected chi connectivity index (χ1v) is 11.8. The van der Waals surface area contributed by atoms with E-state index in [2.05, 4.69) is 36.4 Å². The lowest BCUT2D eigenvalue weighted by Gasteiger charge is -2.10. The minimum absolute atomic E-state index is 0.621. The Bertz CT molecular complexity index is 1660. The van der Waals surface area contributed by atoms with E-state index < -0.39 is 0 Å². The molecule has 0 unspecified atom stereocenters. The molecule has 0 saturated carbocycles. The number of benzene rings is 5. The third kappa shape index (κ3) is 4.30. The van der Waals surface area contributed by atoms with Crippen LogP contribution in [0.4, 0.5) is 0 Å². The van der Waals surface area contributed by atoms with Crippen molar-refractivity contribution in [3.05, 3.63) is 126 Å². The predicted octanol–water partition coefficient (Wildman–Crippen LogP) is 8.35. The molecule has 0 radical (unpaired) electrons. The maximum absolute atomic E-state index is 6.47. The fourth-order valence-electron chi connectivity index (χ4n) is 4.20. The molecule has 0 spiro atoms. The van der Waals surface area contributed by atoms with E-state index in [1.54, 1.807) is 0 Å². The molecule has 3 nitrogen and oxygen atoms in total. The quantitative estimate of drug-likeness (QED) is 0.260. The summed E-state index contributed by atoms with van der Waals surface area (Å²) >= 11 is 6.47. The van der Waals surface area contributed by atoms with Crippen LogP contribution in [-0.4, -0.2) is 15.0 Å². The van der Waals surface area contributed by atoms with Crippen molar-refractivity contribution in [3.8, 4) is 45.3 Å². The molecule has 1 heterocycles. The zero-order valence-corrected chi connectivity index (χ0v) is 19.5. The Morgan fingerprint density at radius 3 is 1.74 bits per heavy atom. The molecule has 0 fully saturated rings. The molecule has 0 amide bonds. The van der Waals surface area contributed by atoms with Crippen molar-refractivity contribution in [3.63, 3.8) is 0 Å². The second kappa shape index (κ2) is 9.13. The van der Waals surface area contributed by atoms with E-state index in [1.807, 2.05) is 84.9 Å². The highest BCUT2D eigenvalue weighted by Crippen LogP contribution is 2.31. The van der Waals surface area contributed by atoms with Gasteiger partial charge in [-0.25, -0.2) is 15.0 Å². The smallest absolute Gasteiger partial charge is 0.164 e. The highest BCUT2D eigenvalue weighted by Gasteiger charge is 2.13. The van der Waals surface area contributed by atoms with Crippen molar-refractivity contribution in [1.82, 2.24) is 15.0 Å². The molecule has 0 bridgehead atoms. The fraction of sp³-hybridized carbons (Fsp3) is 0. The molecule has 0 aliphatic rings. The summed E-state index contributed by atoms with van der Waals surface area (Å²) in [5.74, 6) is 1.90. The molecular formula is C31H20ClN3. The molecule has 166 valence electrons. The average molecular weight is 470 g/mol. The van der Waals surface area contributed by atoms with E-state index >= 15 is 0 Å². The molecule has 0 atom stereocenters. The van der Waals surface area contributed by atoms with Crippen LogP contribution in [0.2, 0.25) is 5.02 Å². The summed E-state index contributed by atoms with van der Waals surface area (Å²) in [4.78, 5) is 14.6. The van der Waals surface area contributed by atoms with Crippen molar-refractivity contribution >= 4 is 22.4 Å². The fourth-order valence-corrected chi connectivity index (χ4v) is 4.44. The first-order chi connectivity index (χ1) is 17.2. The SMILES string of the molecule is Clc1ccccc1-c1cccc(-c2nc(-c3ccccc3)nc(-c3ccc4ccccc4c3)n2)c1. The van der Waals surface area contributed by atoms with Crippen LogP contribution >= 0.6 is 11.6 Å². The van der Waals surface area contributed by atoms with Gasteiger partial charge in [0.05, 0.1) is 0 Å². The molecular weight excluding hydrogens is 450 g/mol. The number of hydrogen-bond donors (Lipinski definition) is 0. The summed E-state index contributed by atoms with van der Waals surface area (Å²) in [5.41, 5.74) is 4.79. The molecule has 0 N–H and O–H groups in total. The van der Waals surface area contributed by atoms with Gasteiger partial charge in [-0.15, -0.1) is 0 Å². The van der Waals surface area contributed by atoms with Gasteiger partial charge in [0.15, 0.2) is 17.5 Å². The van der Waals surface area contributed by atoms with E-state index in [0.29, 0.717) is 22.5 Å². The lowest BCUT2D eigenvalue weighted by molar-refractivity contribution is 1.07. The number of nitrogens with zero attached hydrogens (tertiary/aromatic N) is 3. The largest absolute Gasteiger partial charge is 0.208 e. The van der Waals surface area contributed by atoms with Gasteiger partial charge < -0.3 is 0 Å². The zero-order valence-electron chi connectivity index (χ0n) is 18.8. The van der Waals surface area contributed by atoms with Crippen LogP contribution < -0.4 is 0 Å². The van der Waals surface area contributed by atoms with Crippen molar-refractivity contribution in [2.75, 3.05) is 0 Å². The van der Waals surface area contributed by atoms with Crippen LogP contribution in [0.5, 0.6) is 0 Å². The van der Waals surface area contributed by atoms with Crippen LogP contribution in [0.3, 0.4) is 0 Å². The predicted molar refractivity (Wildman–Crippen MR) is 144 cm³/mol. The average Bonchev–Trinajstić information content (AvgIpc) is 2.93. The van der Waals surface area contributed by atoms with Gasteiger partial charge in [-0.1, -0.05) is 115 Å². The lowest BCUT2D eigenvalue weighted by atomic mass is 10.0. The summed E-state index contributed by atoms with van der Waals surface area (Å²) in [6, 6.07) is 40.6. The Morgan fingerprint density at radius 2 is 0.971 bits per heavy atom. The molecule has 0 aliphatic carbocycles. The van der Waals surface area contributed by atoms with E-state index in [9.17, 15) is 0 Å². The number of rotatable bonds is 4. The van der Waals surface area contributed by atoms with Gasteiger partial charge in [0, 0.05) is 27.3 Å². The molecule has 0 aliphatic heterocycles. The first-order valence-electron chi connectivity index (χ1n) is 11.4. The maximum atomic E-state index is 6.47. The molecule has 4 heteroatoms. The van der Waals surface area contributed by atoms with Gasteiger partial charge >= 0.3 is 0 Å². The van der Waals surface area contributed by atoms with Gasteiger partial charge in [0.2, 0.25) is 0 Å². The summed E-state index contributed by atoms with van der Waals surface area (Å²) < 4.78 is 0. The summed E-state index contributed by atoms with van der Waals surface area (Å²) in [7, 11) is 0. The summed E-state index contributed by atoms with van der Waals surface area (Å²) in [6.07, 6.45) is 0. The van der Waals surface area contributed by atoms with Crippen molar-refractivity contribution in [2.24, 2.45) is 0 Å².